The third kappa shape index (κ3) is 2.77. The Kier molecular flexibility index (Phi) is 3.33. The van der Waals surface area contributed by atoms with Crippen molar-refractivity contribution in [2.75, 3.05) is 0 Å². The summed E-state index contributed by atoms with van der Waals surface area (Å²) in [5.41, 5.74) is 1.75. The highest BCUT2D eigenvalue weighted by molar-refractivity contribution is 5.88. The van der Waals surface area contributed by atoms with Gasteiger partial charge in [0.25, 0.3) is 0 Å². The van der Waals surface area contributed by atoms with Gasteiger partial charge in [0.2, 0.25) is 0 Å². The first kappa shape index (κ1) is 12.6. The number of carboxylic acids is 1. The van der Waals surface area contributed by atoms with Gasteiger partial charge in [-0.3, -0.25) is 4.98 Å². The summed E-state index contributed by atoms with van der Waals surface area (Å²) in [4.78, 5) is 19.3. The van der Waals surface area contributed by atoms with Gasteiger partial charge in [-0.25, -0.2) is 9.78 Å². The van der Waals surface area contributed by atoms with Gasteiger partial charge < -0.3 is 9.84 Å². The highest BCUT2D eigenvalue weighted by Gasteiger charge is 2.26. The summed E-state index contributed by atoms with van der Waals surface area (Å²) in [5, 5.41) is 9.15. The molecule has 5 nitrogen and oxygen atoms in total. The van der Waals surface area contributed by atoms with Crippen LogP contribution < -0.4 is 4.74 Å². The molecule has 0 aliphatic heterocycles. The summed E-state index contributed by atoms with van der Waals surface area (Å²) in [7, 11) is 0. The lowest BCUT2D eigenvalue weighted by Crippen LogP contribution is -2.07. The molecule has 0 bridgehead atoms. The van der Waals surface area contributed by atoms with E-state index in [1.807, 2.05) is 18.2 Å². The lowest BCUT2D eigenvalue weighted by atomic mass is 10.1. The molecule has 2 aromatic rings. The van der Waals surface area contributed by atoms with Crippen LogP contribution in [0.5, 0.6) is 5.75 Å². The second-order valence-corrected chi connectivity index (χ2v) is 4.80. The second kappa shape index (κ2) is 5.28. The minimum atomic E-state index is -1.08. The van der Waals surface area contributed by atoms with Crippen LogP contribution in [0.4, 0.5) is 0 Å². The Morgan fingerprint density at radius 1 is 1.35 bits per heavy atom. The number of hydrogen-bond donors (Lipinski definition) is 1. The lowest BCUT2D eigenvalue weighted by molar-refractivity contribution is 0.0684. The standard InChI is InChI=1S/C15H14N2O3/c18-15(19)14-13(7-11(8-17-14)10-4-5-10)20-9-12-3-1-2-6-16-12/h1-3,6-8,10H,4-5,9H2,(H,18,19). The smallest absolute Gasteiger partial charge is 0.358 e. The number of ether oxygens (including phenoxy) is 1. The summed E-state index contributed by atoms with van der Waals surface area (Å²) in [6.45, 7) is 0.233. The summed E-state index contributed by atoms with van der Waals surface area (Å²) >= 11 is 0. The average molecular weight is 270 g/mol. The first-order valence-corrected chi connectivity index (χ1v) is 6.50. The highest BCUT2D eigenvalue weighted by Crippen LogP contribution is 2.41. The van der Waals surface area contributed by atoms with Gasteiger partial charge in [0.1, 0.15) is 6.61 Å². The summed E-state index contributed by atoms with van der Waals surface area (Å²) < 4.78 is 5.60. The van der Waals surface area contributed by atoms with Crippen molar-refractivity contribution in [1.82, 2.24) is 9.97 Å². The molecule has 20 heavy (non-hydrogen) atoms. The molecule has 2 heterocycles. The van der Waals surface area contributed by atoms with Crippen molar-refractivity contribution in [3.8, 4) is 5.75 Å². The number of pyridine rings is 2. The second-order valence-electron chi connectivity index (χ2n) is 4.80. The molecule has 0 aromatic carbocycles. The molecule has 1 N–H and O–H groups in total. The molecule has 1 aliphatic carbocycles. The Bertz CT molecular complexity index is 624. The number of aromatic nitrogens is 2. The van der Waals surface area contributed by atoms with E-state index in [4.69, 9.17) is 9.84 Å². The molecular formula is C15H14N2O3. The minimum Gasteiger partial charge on any atom is -0.485 e. The van der Waals surface area contributed by atoms with E-state index in [2.05, 4.69) is 9.97 Å². The summed E-state index contributed by atoms with van der Waals surface area (Å²) in [5.74, 6) is -0.265. The number of aromatic carboxylic acids is 1. The van der Waals surface area contributed by atoms with Crippen LogP contribution in [0.25, 0.3) is 0 Å². The van der Waals surface area contributed by atoms with Crippen molar-refractivity contribution in [2.45, 2.75) is 25.4 Å². The Balaban J connectivity index is 1.82. The quantitative estimate of drug-likeness (QED) is 0.904. The van der Waals surface area contributed by atoms with Crippen molar-refractivity contribution in [3.63, 3.8) is 0 Å². The van der Waals surface area contributed by atoms with Crippen molar-refractivity contribution in [3.05, 3.63) is 53.6 Å². The van der Waals surface area contributed by atoms with E-state index in [1.165, 1.54) is 0 Å². The van der Waals surface area contributed by atoms with Gasteiger partial charge >= 0.3 is 5.97 Å². The topological polar surface area (TPSA) is 72.3 Å². The number of hydrogen-bond acceptors (Lipinski definition) is 4. The van der Waals surface area contributed by atoms with Crippen LogP contribution >= 0.6 is 0 Å². The number of nitrogens with zero attached hydrogens (tertiary/aromatic N) is 2. The van der Waals surface area contributed by atoms with Crippen LogP contribution in [-0.4, -0.2) is 21.0 Å². The third-order valence-corrected chi connectivity index (χ3v) is 3.23. The maximum absolute atomic E-state index is 11.2. The number of carbonyl (C=O) groups is 1. The molecule has 2 aromatic heterocycles. The largest absolute Gasteiger partial charge is 0.485 e. The van der Waals surface area contributed by atoms with E-state index >= 15 is 0 Å². The van der Waals surface area contributed by atoms with Crippen LogP contribution in [0.15, 0.2) is 36.7 Å². The van der Waals surface area contributed by atoms with Crippen LogP contribution in [0.3, 0.4) is 0 Å². The van der Waals surface area contributed by atoms with Gasteiger partial charge in [0.15, 0.2) is 11.4 Å². The molecule has 102 valence electrons. The van der Waals surface area contributed by atoms with Gasteiger partial charge in [-0.1, -0.05) is 6.07 Å². The monoisotopic (exact) mass is 270 g/mol. The molecule has 0 unspecified atom stereocenters. The van der Waals surface area contributed by atoms with Crippen LogP contribution in [0, 0.1) is 0 Å². The van der Waals surface area contributed by atoms with E-state index in [9.17, 15) is 4.79 Å². The van der Waals surface area contributed by atoms with E-state index in [1.54, 1.807) is 18.5 Å². The van der Waals surface area contributed by atoms with Crippen molar-refractivity contribution in [1.29, 1.82) is 0 Å². The number of rotatable bonds is 5. The molecule has 5 heteroatoms. The highest BCUT2D eigenvalue weighted by atomic mass is 16.5. The Hall–Kier alpha value is -2.43. The van der Waals surface area contributed by atoms with Gasteiger partial charge in [-0.2, -0.15) is 0 Å². The summed E-state index contributed by atoms with van der Waals surface area (Å²) in [6, 6.07) is 7.31. The molecule has 1 aliphatic rings. The zero-order valence-electron chi connectivity index (χ0n) is 10.8. The Morgan fingerprint density at radius 2 is 2.20 bits per heavy atom. The van der Waals surface area contributed by atoms with Gasteiger partial charge in [-0.05, 0) is 42.5 Å². The van der Waals surface area contributed by atoms with E-state index in [0.29, 0.717) is 11.7 Å². The fourth-order valence-corrected chi connectivity index (χ4v) is 2.01. The molecular weight excluding hydrogens is 256 g/mol. The molecule has 1 fully saturated rings. The van der Waals surface area contributed by atoms with E-state index in [0.717, 1.165) is 24.1 Å². The van der Waals surface area contributed by atoms with Crippen molar-refractivity contribution < 1.29 is 14.6 Å². The van der Waals surface area contributed by atoms with Crippen LogP contribution in [-0.2, 0) is 6.61 Å². The molecule has 0 atom stereocenters. The third-order valence-electron chi connectivity index (χ3n) is 3.23. The molecule has 0 saturated heterocycles. The molecule has 3 rings (SSSR count). The maximum atomic E-state index is 11.2. The molecule has 0 amide bonds. The van der Waals surface area contributed by atoms with Crippen LogP contribution in [0.2, 0.25) is 0 Å². The van der Waals surface area contributed by atoms with E-state index in [-0.39, 0.29) is 12.3 Å². The van der Waals surface area contributed by atoms with E-state index < -0.39 is 5.97 Å². The molecule has 1 saturated carbocycles. The predicted molar refractivity (Wildman–Crippen MR) is 71.7 cm³/mol. The summed E-state index contributed by atoms with van der Waals surface area (Å²) in [6.07, 6.45) is 5.58. The zero-order valence-corrected chi connectivity index (χ0v) is 10.8. The van der Waals surface area contributed by atoms with Crippen LogP contribution in [0.1, 0.15) is 40.5 Å². The van der Waals surface area contributed by atoms with Crippen molar-refractivity contribution >= 4 is 5.97 Å². The minimum absolute atomic E-state index is 0.0506. The fourth-order valence-electron chi connectivity index (χ4n) is 2.01. The first-order valence-electron chi connectivity index (χ1n) is 6.50. The van der Waals surface area contributed by atoms with Gasteiger partial charge in [0.05, 0.1) is 5.69 Å². The predicted octanol–water partition coefficient (Wildman–Crippen LogP) is 2.63. The van der Waals surface area contributed by atoms with Gasteiger partial charge in [-0.15, -0.1) is 0 Å². The van der Waals surface area contributed by atoms with Crippen molar-refractivity contribution in [2.24, 2.45) is 0 Å². The normalized spacial score (nSPS) is 14.0. The fraction of sp³-hybridized carbons (Fsp3) is 0.267. The Labute approximate surface area is 116 Å². The number of carboxylic acid groups (broad SMARTS) is 1. The van der Waals surface area contributed by atoms with Gasteiger partial charge in [0, 0.05) is 12.4 Å². The SMILES string of the molecule is O=C(O)c1ncc(C2CC2)cc1OCc1ccccn1. The lowest BCUT2D eigenvalue weighted by Gasteiger charge is -2.09. The molecule has 0 radical (unpaired) electrons. The average Bonchev–Trinajstić information content (AvgIpc) is 3.30. The maximum Gasteiger partial charge on any atom is 0.358 e. The zero-order chi connectivity index (χ0) is 13.9. The molecule has 0 spiro atoms. The Morgan fingerprint density at radius 3 is 2.85 bits per heavy atom. The first-order chi connectivity index (χ1) is 9.74.